The molecule has 3 heterocycles. The number of carbonyl (C=O) groups is 1. The van der Waals surface area contributed by atoms with E-state index >= 15 is 0 Å². The van der Waals surface area contributed by atoms with Gasteiger partial charge in [-0.15, -0.1) is 0 Å². The average Bonchev–Trinajstić information content (AvgIpc) is 3.00. The van der Waals surface area contributed by atoms with E-state index in [-0.39, 0.29) is 5.56 Å². The molecule has 4 rings (SSSR count). The Kier molecular flexibility index (Phi) is 3.59. The van der Waals surface area contributed by atoms with E-state index < -0.39 is 5.97 Å². The molecule has 4 aromatic rings. The van der Waals surface area contributed by atoms with Gasteiger partial charge in [0.2, 0.25) is 0 Å². The quantitative estimate of drug-likeness (QED) is 0.596. The van der Waals surface area contributed by atoms with Crippen molar-refractivity contribution in [2.24, 2.45) is 0 Å². The Hall–Kier alpha value is -3.74. The van der Waals surface area contributed by atoms with Gasteiger partial charge in [-0.05, 0) is 48.5 Å². The third-order valence-electron chi connectivity index (χ3n) is 3.74. The summed E-state index contributed by atoms with van der Waals surface area (Å²) in [6, 6.07) is 14.0. The van der Waals surface area contributed by atoms with Crippen LogP contribution in [0.25, 0.3) is 16.9 Å². The van der Waals surface area contributed by atoms with Crippen molar-refractivity contribution in [3.05, 3.63) is 72.7 Å². The summed E-state index contributed by atoms with van der Waals surface area (Å²) in [6.45, 7) is 0. The first kappa shape index (κ1) is 14.8. The first-order chi connectivity index (χ1) is 12.2. The largest absolute Gasteiger partial charge is 0.478 e. The number of fused-ring (bicyclic) bond motifs is 1. The maximum atomic E-state index is 11.0. The fraction of sp³-hybridized carbons (Fsp3) is 0. The number of nitrogens with zero attached hydrogens (tertiary/aromatic N) is 4. The Labute approximate surface area is 142 Å². The minimum absolute atomic E-state index is 0.233. The van der Waals surface area contributed by atoms with Gasteiger partial charge in [-0.3, -0.25) is 4.98 Å². The van der Waals surface area contributed by atoms with Gasteiger partial charge in [-0.25, -0.2) is 14.3 Å². The zero-order chi connectivity index (χ0) is 17.2. The highest BCUT2D eigenvalue weighted by molar-refractivity contribution is 5.88. The van der Waals surface area contributed by atoms with E-state index in [4.69, 9.17) is 5.11 Å². The summed E-state index contributed by atoms with van der Waals surface area (Å²) in [5.74, 6) is -0.325. The minimum Gasteiger partial charge on any atom is -0.478 e. The maximum Gasteiger partial charge on any atom is 0.335 e. The van der Waals surface area contributed by atoms with Crippen LogP contribution in [0.15, 0.2) is 67.1 Å². The lowest BCUT2D eigenvalue weighted by atomic mass is 10.2. The summed E-state index contributed by atoms with van der Waals surface area (Å²) in [7, 11) is 0. The van der Waals surface area contributed by atoms with Crippen molar-refractivity contribution in [2.75, 3.05) is 5.32 Å². The molecule has 3 aromatic heterocycles. The molecule has 0 aliphatic rings. The maximum absolute atomic E-state index is 11.0. The van der Waals surface area contributed by atoms with E-state index in [9.17, 15) is 4.79 Å². The van der Waals surface area contributed by atoms with Gasteiger partial charge in [-0.1, -0.05) is 0 Å². The highest BCUT2D eigenvalue weighted by Gasteiger charge is 2.15. The molecule has 0 bridgehead atoms. The SMILES string of the molecule is O=C(O)c1ccc(Nc2nc3cccnn3c2-c2ccncc2)cc1. The van der Waals surface area contributed by atoms with Gasteiger partial charge in [0.05, 0.1) is 5.56 Å². The molecule has 0 aliphatic heterocycles. The van der Waals surface area contributed by atoms with Gasteiger partial charge in [0.15, 0.2) is 11.5 Å². The van der Waals surface area contributed by atoms with E-state index in [1.54, 1.807) is 47.4 Å². The van der Waals surface area contributed by atoms with Gasteiger partial charge >= 0.3 is 5.97 Å². The van der Waals surface area contributed by atoms with E-state index in [1.807, 2.05) is 24.3 Å². The number of aromatic nitrogens is 4. The predicted molar refractivity (Wildman–Crippen MR) is 92.9 cm³/mol. The molecule has 0 fully saturated rings. The second kappa shape index (κ2) is 6.04. The molecular formula is C18H13N5O2. The number of nitrogens with one attached hydrogen (secondary N) is 1. The number of carboxylic acids is 1. The van der Waals surface area contributed by atoms with Crippen LogP contribution in [-0.2, 0) is 0 Å². The average molecular weight is 331 g/mol. The van der Waals surface area contributed by atoms with Crippen molar-refractivity contribution in [2.45, 2.75) is 0 Å². The molecule has 0 atom stereocenters. The first-order valence-electron chi connectivity index (χ1n) is 7.57. The molecule has 0 spiro atoms. The molecule has 25 heavy (non-hydrogen) atoms. The molecule has 0 unspecified atom stereocenters. The summed E-state index contributed by atoms with van der Waals surface area (Å²) in [5, 5.41) is 16.6. The Balaban J connectivity index is 1.80. The number of carboxylic acid groups (broad SMARTS) is 1. The van der Waals surface area contributed by atoms with Crippen molar-refractivity contribution < 1.29 is 9.90 Å². The zero-order valence-corrected chi connectivity index (χ0v) is 13.0. The second-order valence-corrected chi connectivity index (χ2v) is 5.35. The molecule has 0 radical (unpaired) electrons. The molecular weight excluding hydrogens is 318 g/mol. The number of aromatic carboxylic acids is 1. The molecule has 0 aliphatic carbocycles. The van der Waals surface area contributed by atoms with Crippen molar-refractivity contribution in [1.29, 1.82) is 0 Å². The summed E-state index contributed by atoms with van der Waals surface area (Å²) in [4.78, 5) is 19.6. The van der Waals surface area contributed by atoms with Crippen LogP contribution in [0.4, 0.5) is 11.5 Å². The molecule has 1 aromatic carbocycles. The summed E-state index contributed by atoms with van der Waals surface area (Å²) in [5.41, 5.74) is 3.41. The van der Waals surface area contributed by atoms with Crippen LogP contribution in [0, 0.1) is 0 Å². The Morgan fingerprint density at radius 3 is 2.48 bits per heavy atom. The fourth-order valence-electron chi connectivity index (χ4n) is 2.58. The highest BCUT2D eigenvalue weighted by Crippen LogP contribution is 2.30. The van der Waals surface area contributed by atoms with Gasteiger partial charge in [0.1, 0.15) is 5.69 Å². The molecule has 0 amide bonds. The van der Waals surface area contributed by atoms with Crippen LogP contribution < -0.4 is 5.32 Å². The number of hydrogen-bond donors (Lipinski definition) is 2. The predicted octanol–water partition coefficient (Wildman–Crippen LogP) is 3.23. The number of imidazole rings is 1. The Morgan fingerprint density at radius 2 is 1.76 bits per heavy atom. The third-order valence-corrected chi connectivity index (χ3v) is 3.74. The summed E-state index contributed by atoms with van der Waals surface area (Å²) < 4.78 is 1.75. The van der Waals surface area contributed by atoms with Crippen LogP contribution in [-0.4, -0.2) is 30.7 Å². The van der Waals surface area contributed by atoms with Crippen molar-refractivity contribution in [1.82, 2.24) is 19.6 Å². The number of rotatable bonds is 4. The van der Waals surface area contributed by atoms with Crippen LogP contribution in [0.1, 0.15) is 10.4 Å². The van der Waals surface area contributed by atoms with Crippen molar-refractivity contribution in [3.63, 3.8) is 0 Å². The van der Waals surface area contributed by atoms with Crippen LogP contribution in [0.5, 0.6) is 0 Å². The molecule has 122 valence electrons. The van der Waals surface area contributed by atoms with Crippen molar-refractivity contribution in [3.8, 4) is 11.3 Å². The lowest BCUT2D eigenvalue weighted by molar-refractivity contribution is 0.0697. The van der Waals surface area contributed by atoms with Crippen LogP contribution >= 0.6 is 0 Å². The molecule has 0 saturated carbocycles. The Morgan fingerprint density at radius 1 is 1.00 bits per heavy atom. The minimum atomic E-state index is -0.957. The smallest absolute Gasteiger partial charge is 0.335 e. The standard InChI is InChI=1S/C18H13N5O2/c24-18(25)13-3-5-14(6-4-13)21-17-16(12-7-10-19-11-8-12)23-15(22-17)2-1-9-20-23/h1-11,21H,(H,24,25). The van der Waals surface area contributed by atoms with E-state index in [0.717, 1.165) is 16.9 Å². The van der Waals surface area contributed by atoms with Gasteiger partial charge in [-0.2, -0.15) is 5.10 Å². The van der Waals surface area contributed by atoms with E-state index in [2.05, 4.69) is 20.4 Å². The molecule has 7 heteroatoms. The number of anilines is 2. The van der Waals surface area contributed by atoms with Crippen LogP contribution in [0.3, 0.4) is 0 Å². The number of benzene rings is 1. The molecule has 0 saturated heterocycles. The first-order valence-corrected chi connectivity index (χ1v) is 7.57. The molecule has 2 N–H and O–H groups in total. The fourth-order valence-corrected chi connectivity index (χ4v) is 2.58. The lowest BCUT2D eigenvalue weighted by Crippen LogP contribution is -1.98. The van der Waals surface area contributed by atoms with Crippen molar-refractivity contribution >= 4 is 23.1 Å². The summed E-state index contributed by atoms with van der Waals surface area (Å²) >= 11 is 0. The zero-order valence-electron chi connectivity index (χ0n) is 13.0. The highest BCUT2D eigenvalue weighted by atomic mass is 16.4. The second-order valence-electron chi connectivity index (χ2n) is 5.35. The van der Waals surface area contributed by atoms with E-state index in [1.165, 1.54) is 0 Å². The number of hydrogen-bond acceptors (Lipinski definition) is 5. The van der Waals surface area contributed by atoms with Gasteiger partial charge < -0.3 is 10.4 Å². The monoisotopic (exact) mass is 331 g/mol. The summed E-state index contributed by atoms with van der Waals surface area (Å²) in [6.07, 6.45) is 5.12. The number of pyridine rings is 1. The van der Waals surface area contributed by atoms with Crippen LogP contribution in [0.2, 0.25) is 0 Å². The Bertz CT molecular complexity index is 1040. The topological polar surface area (TPSA) is 92.4 Å². The third kappa shape index (κ3) is 2.78. The van der Waals surface area contributed by atoms with Gasteiger partial charge in [0, 0.05) is 29.8 Å². The molecule has 7 nitrogen and oxygen atoms in total. The van der Waals surface area contributed by atoms with Gasteiger partial charge in [0.25, 0.3) is 0 Å². The normalized spacial score (nSPS) is 10.7. The van der Waals surface area contributed by atoms with E-state index in [0.29, 0.717) is 11.5 Å². The lowest BCUT2D eigenvalue weighted by Gasteiger charge is -2.07.